The van der Waals surface area contributed by atoms with E-state index in [0.717, 1.165) is 6.42 Å². The van der Waals surface area contributed by atoms with Crippen LogP contribution in [0, 0.1) is 0 Å². The molecular weight excluding hydrogens is 180 g/mol. The molecule has 1 aromatic heterocycles. The van der Waals surface area contributed by atoms with E-state index in [0.29, 0.717) is 0 Å². The van der Waals surface area contributed by atoms with Gasteiger partial charge >= 0.3 is 23.1 Å². The van der Waals surface area contributed by atoms with E-state index in [1.807, 2.05) is 17.5 Å². The maximum absolute atomic E-state index is 8.44. The van der Waals surface area contributed by atoms with Gasteiger partial charge in [-0.15, -0.1) is 23.7 Å². The van der Waals surface area contributed by atoms with Gasteiger partial charge in [-0.1, -0.05) is 6.07 Å². The van der Waals surface area contributed by atoms with Gasteiger partial charge in [-0.3, -0.25) is 0 Å². The minimum absolute atomic E-state index is 0. The van der Waals surface area contributed by atoms with Crippen molar-refractivity contribution >= 4 is 46.8 Å². The van der Waals surface area contributed by atoms with Crippen molar-refractivity contribution < 1.29 is 5.11 Å². The molecule has 0 fully saturated rings. The topological polar surface area (TPSA) is 20.2 Å². The molecule has 0 aromatic carbocycles. The molecule has 4 heteroatoms. The Bertz CT molecular complexity index is 143. The molecule has 1 nitrogen and oxygen atoms in total. The van der Waals surface area contributed by atoms with Crippen LogP contribution in [0.4, 0.5) is 0 Å². The first-order chi connectivity index (χ1) is 3.93. The molecule has 0 spiro atoms. The summed E-state index contributed by atoms with van der Waals surface area (Å²) in [6.07, 6.45) is 0.803. The Morgan fingerprint density at radius 2 is 2.20 bits per heavy atom. The molecule has 0 radical (unpaired) electrons. The standard InChI is InChI=1S/C6H8OS.ClH.Mg.2H/c7-4-3-6-2-1-5-8-6;;;;/h1-2,5,7H,3-4H2;1H;;;. The predicted octanol–water partition coefficient (Wildman–Crippen LogP) is 0.788. The van der Waals surface area contributed by atoms with Crippen molar-refractivity contribution in [2.45, 2.75) is 6.42 Å². The molecule has 0 aliphatic carbocycles. The first kappa shape index (κ1) is 13.3. The molecule has 1 rings (SSSR count). The van der Waals surface area contributed by atoms with E-state index < -0.39 is 0 Å². The summed E-state index contributed by atoms with van der Waals surface area (Å²) >= 11 is 1.69. The number of hydrogen-bond acceptors (Lipinski definition) is 2. The average molecular weight is 191 g/mol. The molecular formula is C6H11ClMgOS. The monoisotopic (exact) mass is 190 g/mol. The van der Waals surface area contributed by atoms with E-state index in [2.05, 4.69) is 0 Å². The van der Waals surface area contributed by atoms with Crippen molar-refractivity contribution in [1.29, 1.82) is 0 Å². The van der Waals surface area contributed by atoms with Crippen LogP contribution in [-0.4, -0.2) is 34.8 Å². The van der Waals surface area contributed by atoms with Crippen molar-refractivity contribution in [1.82, 2.24) is 0 Å². The Morgan fingerprint density at radius 1 is 1.50 bits per heavy atom. The summed E-state index contributed by atoms with van der Waals surface area (Å²) in [6, 6.07) is 4.02. The first-order valence-corrected chi connectivity index (χ1v) is 3.44. The lowest BCUT2D eigenvalue weighted by atomic mass is 10.4. The molecule has 0 amide bonds. The lowest BCUT2D eigenvalue weighted by Crippen LogP contribution is -1.84. The lowest BCUT2D eigenvalue weighted by molar-refractivity contribution is 0.300. The van der Waals surface area contributed by atoms with Gasteiger partial charge in [0.1, 0.15) is 0 Å². The van der Waals surface area contributed by atoms with Gasteiger partial charge in [0.15, 0.2) is 0 Å². The molecule has 0 bridgehead atoms. The summed E-state index contributed by atoms with van der Waals surface area (Å²) in [5, 5.41) is 10.5. The van der Waals surface area contributed by atoms with Crippen molar-refractivity contribution in [2.24, 2.45) is 0 Å². The molecule has 10 heavy (non-hydrogen) atoms. The fourth-order valence-corrected chi connectivity index (χ4v) is 1.26. The first-order valence-electron chi connectivity index (χ1n) is 2.56. The van der Waals surface area contributed by atoms with Crippen LogP contribution in [0.3, 0.4) is 0 Å². The Labute approximate surface area is 87.0 Å². The van der Waals surface area contributed by atoms with Crippen molar-refractivity contribution in [3.8, 4) is 0 Å². The van der Waals surface area contributed by atoms with E-state index in [9.17, 15) is 0 Å². The zero-order chi connectivity index (χ0) is 5.82. The van der Waals surface area contributed by atoms with E-state index in [-0.39, 0.29) is 42.1 Å². The number of aliphatic hydroxyl groups excluding tert-OH is 1. The molecule has 0 saturated carbocycles. The maximum Gasteiger partial charge on any atom is 0.316 e. The fourth-order valence-electron chi connectivity index (χ4n) is 0.565. The van der Waals surface area contributed by atoms with Gasteiger partial charge in [0.25, 0.3) is 0 Å². The van der Waals surface area contributed by atoms with Crippen LogP contribution >= 0.6 is 23.7 Å². The Hall–Kier alpha value is 0.716. The van der Waals surface area contributed by atoms with Crippen molar-refractivity contribution in [3.63, 3.8) is 0 Å². The zero-order valence-corrected chi connectivity index (χ0v) is 6.54. The Kier molecular flexibility index (Phi) is 10.4. The highest BCUT2D eigenvalue weighted by Gasteiger charge is 1.87. The second-order valence-corrected chi connectivity index (χ2v) is 2.59. The molecule has 56 valence electrons. The summed E-state index contributed by atoms with van der Waals surface area (Å²) in [5.41, 5.74) is 0. The number of halogens is 1. The lowest BCUT2D eigenvalue weighted by Gasteiger charge is -1.85. The quantitative estimate of drug-likeness (QED) is 0.685. The van der Waals surface area contributed by atoms with Crippen LogP contribution in [0.1, 0.15) is 4.88 Å². The second kappa shape index (κ2) is 7.82. The molecule has 0 aliphatic heterocycles. The van der Waals surface area contributed by atoms with Gasteiger partial charge in [-0.05, 0) is 11.4 Å². The summed E-state index contributed by atoms with van der Waals surface area (Å²) in [7, 11) is 0. The summed E-state index contributed by atoms with van der Waals surface area (Å²) in [5.74, 6) is 0. The third-order valence-corrected chi connectivity index (χ3v) is 1.87. The third kappa shape index (κ3) is 4.52. The number of rotatable bonds is 2. The number of thiophene rings is 1. The summed E-state index contributed by atoms with van der Waals surface area (Å²) in [6.45, 7) is 0.264. The molecule has 0 unspecified atom stereocenters. The maximum atomic E-state index is 8.44. The normalized spacial score (nSPS) is 7.70. The van der Waals surface area contributed by atoms with Gasteiger partial charge in [0.05, 0.1) is 0 Å². The fraction of sp³-hybridized carbons (Fsp3) is 0.333. The molecule has 0 aliphatic rings. The van der Waals surface area contributed by atoms with E-state index in [1.165, 1.54) is 4.88 Å². The van der Waals surface area contributed by atoms with E-state index in [4.69, 9.17) is 5.11 Å². The Balaban J connectivity index is 0. The molecule has 1 N–H and O–H groups in total. The predicted molar refractivity (Wildman–Crippen MR) is 50.9 cm³/mol. The average Bonchev–Trinajstić information content (AvgIpc) is 2.19. The van der Waals surface area contributed by atoms with Crippen molar-refractivity contribution in [3.05, 3.63) is 22.4 Å². The number of aliphatic hydroxyl groups is 1. The zero-order valence-electron chi connectivity index (χ0n) is 4.91. The SMILES string of the molecule is Cl.OCCc1cccs1.[MgH2]. The molecule has 1 aromatic rings. The summed E-state index contributed by atoms with van der Waals surface area (Å²) in [4.78, 5) is 1.26. The second-order valence-electron chi connectivity index (χ2n) is 1.55. The molecule has 1 heterocycles. The van der Waals surface area contributed by atoms with Crippen LogP contribution in [0.15, 0.2) is 17.5 Å². The van der Waals surface area contributed by atoms with Gasteiger partial charge in [0.2, 0.25) is 0 Å². The minimum atomic E-state index is 0. The van der Waals surface area contributed by atoms with Crippen LogP contribution in [0.2, 0.25) is 0 Å². The van der Waals surface area contributed by atoms with Crippen molar-refractivity contribution in [2.75, 3.05) is 6.61 Å². The van der Waals surface area contributed by atoms with Crippen LogP contribution in [-0.2, 0) is 6.42 Å². The largest absolute Gasteiger partial charge is 0.396 e. The van der Waals surface area contributed by atoms with Crippen LogP contribution in [0.25, 0.3) is 0 Å². The smallest absolute Gasteiger partial charge is 0.316 e. The van der Waals surface area contributed by atoms with E-state index >= 15 is 0 Å². The van der Waals surface area contributed by atoms with Gasteiger partial charge in [-0.2, -0.15) is 0 Å². The van der Waals surface area contributed by atoms with Crippen LogP contribution in [0.5, 0.6) is 0 Å². The molecule has 0 saturated heterocycles. The van der Waals surface area contributed by atoms with Gasteiger partial charge < -0.3 is 5.11 Å². The highest BCUT2D eigenvalue weighted by atomic mass is 35.5. The molecule has 0 atom stereocenters. The Morgan fingerprint density at radius 3 is 2.60 bits per heavy atom. The minimum Gasteiger partial charge on any atom is -0.396 e. The highest BCUT2D eigenvalue weighted by Crippen LogP contribution is 2.07. The van der Waals surface area contributed by atoms with Gasteiger partial charge in [0, 0.05) is 17.9 Å². The van der Waals surface area contributed by atoms with Gasteiger partial charge in [-0.25, -0.2) is 0 Å². The summed E-state index contributed by atoms with van der Waals surface area (Å²) < 4.78 is 0. The third-order valence-electron chi connectivity index (χ3n) is 0.938. The van der Waals surface area contributed by atoms with Crippen LogP contribution < -0.4 is 0 Å². The highest BCUT2D eigenvalue weighted by molar-refractivity contribution is 7.09. The van der Waals surface area contributed by atoms with E-state index in [1.54, 1.807) is 11.3 Å². The number of hydrogen-bond donors (Lipinski definition) is 1.